The molecule has 6 nitrogen and oxygen atoms in total. The van der Waals surface area contributed by atoms with E-state index >= 15 is 0 Å². The minimum atomic E-state index is -0.106. The molecule has 0 bridgehead atoms. The Labute approximate surface area is 207 Å². The van der Waals surface area contributed by atoms with Gasteiger partial charge < -0.3 is 8.98 Å². The fraction of sp³-hybridized carbons (Fsp3) is 0.179. The summed E-state index contributed by atoms with van der Waals surface area (Å²) < 4.78 is 9.22. The molecule has 0 spiro atoms. The number of hydrogen-bond acceptors (Lipinski definition) is 5. The molecular weight excluding hydrogens is 458 g/mol. The quantitative estimate of drug-likeness (QED) is 0.166. The van der Waals surface area contributed by atoms with Crippen LogP contribution in [0.1, 0.15) is 33.1 Å². The van der Waals surface area contributed by atoms with Crippen LogP contribution in [0.5, 0.6) is 0 Å². The van der Waals surface area contributed by atoms with Gasteiger partial charge in [0.25, 0.3) is 5.56 Å². The summed E-state index contributed by atoms with van der Waals surface area (Å²) in [5.74, 6) is 1.03. The first-order chi connectivity index (χ1) is 17.0. The molecule has 0 aliphatic heterocycles. The second-order valence-corrected chi connectivity index (χ2v) is 9.39. The number of carbonyl (C=O) groups excluding carboxylic acids is 1. The summed E-state index contributed by atoms with van der Waals surface area (Å²) in [6.45, 7) is 4.91. The number of ketones is 1. The van der Waals surface area contributed by atoms with Gasteiger partial charge in [-0.1, -0.05) is 54.2 Å². The summed E-state index contributed by atoms with van der Waals surface area (Å²) in [6.07, 6.45) is 1.65. The van der Waals surface area contributed by atoms with E-state index in [0.717, 1.165) is 22.7 Å². The van der Waals surface area contributed by atoms with Gasteiger partial charge in [-0.25, -0.2) is 4.98 Å². The maximum Gasteiger partial charge on any atom is 0.262 e. The normalized spacial score (nSPS) is 11.3. The smallest absolute Gasteiger partial charge is 0.262 e. The highest BCUT2D eigenvalue weighted by atomic mass is 32.2. The number of hydrogen-bond donors (Lipinski definition) is 0. The number of furan rings is 1. The number of aromatic nitrogens is 3. The van der Waals surface area contributed by atoms with Crippen molar-refractivity contribution in [3.05, 3.63) is 118 Å². The van der Waals surface area contributed by atoms with Crippen LogP contribution >= 0.6 is 11.8 Å². The van der Waals surface area contributed by atoms with E-state index in [0.29, 0.717) is 34.7 Å². The number of nitrogens with zero attached hydrogens (tertiary/aromatic N) is 3. The van der Waals surface area contributed by atoms with Crippen LogP contribution in [-0.4, -0.2) is 25.7 Å². The molecule has 176 valence electrons. The number of Topliss-reactive ketones (excluding diaryl/α,β-unsaturated/α-hetero) is 1. The molecule has 0 fully saturated rings. The maximum atomic E-state index is 13.3. The fourth-order valence-electron chi connectivity index (χ4n) is 4.26. The van der Waals surface area contributed by atoms with Crippen molar-refractivity contribution in [1.29, 1.82) is 0 Å². The predicted molar refractivity (Wildman–Crippen MR) is 138 cm³/mol. The van der Waals surface area contributed by atoms with Crippen LogP contribution in [0.2, 0.25) is 0 Å². The Bertz CT molecular complexity index is 1550. The van der Waals surface area contributed by atoms with Gasteiger partial charge in [-0.05, 0) is 49.7 Å². The standard InChI is InChI=1S/C28H25N3O3S/c1-19-15-24(20(2)30(19)17-22-11-8-14-34-22)26(32)18-35-28-29-25-13-7-6-12-23(25)27(33)31(28)16-21-9-4-3-5-10-21/h3-15H,16-18H2,1-2H3. The molecule has 0 radical (unpaired) electrons. The van der Waals surface area contributed by atoms with Gasteiger partial charge in [-0.3, -0.25) is 14.2 Å². The summed E-state index contributed by atoms with van der Waals surface area (Å²) in [5.41, 5.74) is 4.11. The van der Waals surface area contributed by atoms with E-state index in [1.807, 2.05) is 80.6 Å². The number of aryl methyl sites for hydroxylation is 1. The molecule has 2 aromatic carbocycles. The molecule has 0 atom stereocenters. The Morgan fingerprint density at radius 2 is 1.71 bits per heavy atom. The van der Waals surface area contributed by atoms with E-state index in [1.165, 1.54) is 11.8 Å². The van der Waals surface area contributed by atoms with Gasteiger partial charge in [-0.2, -0.15) is 0 Å². The molecule has 3 heterocycles. The molecule has 0 N–H and O–H groups in total. The topological polar surface area (TPSA) is 70.0 Å². The largest absolute Gasteiger partial charge is 0.467 e. The average Bonchev–Trinajstić information content (AvgIpc) is 3.49. The van der Waals surface area contributed by atoms with Crippen molar-refractivity contribution >= 4 is 28.4 Å². The molecule has 5 rings (SSSR count). The lowest BCUT2D eigenvalue weighted by molar-refractivity contribution is 0.102. The van der Waals surface area contributed by atoms with Gasteiger partial charge in [0, 0.05) is 17.0 Å². The first kappa shape index (κ1) is 22.9. The van der Waals surface area contributed by atoms with Crippen LogP contribution in [0.4, 0.5) is 0 Å². The highest BCUT2D eigenvalue weighted by Crippen LogP contribution is 2.23. The van der Waals surface area contributed by atoms with E-state index < -0.39 is 0 Å². The Kier molecular flexibility index (Phi) is 6.42. The summed E-state index contributed by atoms with van der Waals surface area (Å²) in [7, 11) is 0. The first-order valence-corrected chi connectivity index (χ1v) is 12.4. The number of fused-ring (bicyclic) bond motifs is 1. The van der Waals surface area contributed by atoms with E-state index in [4.69, 9.17) is 9.40 Å². The zero-order valence-electron chi connectivity index (χ0n) is 19.6. The monoisotopic (exact) mass is 483 g/mol. The molecule has 35 heavy (non-hydrogen) atoms. The van der Waals surface area contributed by atoms with Crippen molar-refractivity contribution in [2.24, 2.45) is 0 Å². The summed E-state index contributed by atoms with van der Waals surface area (Å²) in [6, 6.07) is 22.8. The minimum absolute atomic E-state index is 0.00228. The number of benzene rings is 2. The van der Waals surface area contributed by atoms with Crippen molar-refractivity contribution in [1.82, 2.24) is 14.1 Å². The van der Waals surface area contributed by atoms with E-state index in [2.05, 4.69) is 4.57 Å². The van der Waals surface area contributed by atoms with Gasteiger partial charge in [-0.15, -0.1) is 0 Å². The summed E-state index contributed by atoms with van der Waals surface area (Å²) in [4.78, 5) is 31.3. The molecule has 7 heteroatoms. The average molecular weight is 484 g/mol. The van der Waals surface area contributed by atoms with Crippen molar-refractivity contribution in [3.63, 3.8) is 0 Å². The highest BCUT2D eigenvalue weighted by molar-refractivity contribution is 7.99. The minimum Gasteiger partial charge on any atom is -0.467 e. The van der Waals surface area contributed by atoms with Gasteiger partial charge >= 0.3 is 0 Å². The second kappa shape index (κ2) is 9.80. The Morgan fingerprint density at radius 3 is 2.49 bits per heavy atom. The lowest BCUT2D eigenvalue weighted by Crippen LogP contribution is -2.24. The SMILES string of the molecule is Cc1cc(C(=O)CSc2nc3ccccc3c(=O)n2Cc2ccccc2)c(C)n1Cc1ccco1. The third-order valence-corrected chi connectivity index (χ3v) is 7.09. The highest BCUT2D eigenvalue weighted by Gasteiger charge is 2.19. The first-order valence-electron chi connectivity index (χ1n) is 11.4. The molecule has 0 unspecified atom stereocenters. The Balaban J connectivity index is 1.43. The van der Waals surface area contributed by atoms with Crippen LogP contribution in [0.25, 0.3) is 10.9 Å². The molecule has 3 aromatic heterocycles. The molecular formula is C28H25N3O3S. The van der Waals surface area contributed by atoms with Crippen molar-refractivity contribution in [2.45, 2.75) is 32.1 Å². The van der Waals surface area contributed by atoms with Crippen LogP contribution in [0.3, 0.4) is 0 Å². The van der Waals surface area contributed by atoms with Crippen LogP contribution < -0.4 is 5.56 Å². The third kappa shape index (κ3) is 4.72. The van der Waals surface area contributed by atoms with Gasteiger partial charge in [0.05, 0.1) is 36.0 Å². The van der Waals surface area contributed by atoms with Crippen molar-refractivity contribution in [2.75, 3.05) is 5.75 Å². The van der Waals surface area contributed by atoms with Crippen LogP contribution in [0.15, 0.2) is 93.4 Å². The fourth-order valence-corrected chi connectivity index (χ4v) is 5.14. The zero-order valence-corrected chi connectivity index (χ0v) is 20.4. The van der Waals surface area contributed by atoms with Gasteiger partial charge in [0.15, 0.2) is 10.9 Å². The number of carbonyl (C=O) groups is 1. The van der Waals surface area contributed by atoms with E-state index in [1.54, 1.807) is 16.9 Å². The van der Waals surface area contributed by atoms with Gasteiger partial charge in [0.2, 0.25) is 0 Å². The Morgan fingerprint density at radius 1 is 0.943 bits per heavy atom. The molecule has 0 amide bonds. The number of thioether (sulfide) groups is 1. The molecule has 0 aliphatic rings. The second-order valence-electron chi connectivity index (χ2n) is 8.45. The van der Waals surface area contributed by atoms with Crippen molar-refractivity contribution < 1.29 is 9.21 Å². The number of rotatable bonds is 8. The van der Waals surface area contributed by atoms with E-state index in [-0.39, 0.29) is 17.1 Å². The van der Waals surface area contributed by atoms with Gasteiger partial charge in [0.1, 0.15) is 5.76 Å². The third-order valence-electron chi connectivity index (χ3n) is 6.11. The lowest BCUT2D eigenvalue weighted by atomic mass is 10.2. The molecule has 5 aromatic rings. The zero-order chi connectivity index (χ0) is 24.4. The molecule has 0 aliphatic carbocycles. The Hall–Kier alpha value is -3.84. The lowest BCUT2D eigenvalue weighted by Gasteiger charge is -2.13. The van der Waals surface area contributed by atoms with Crippen LogP contribution in [-0.2, 0) is 13.1 Å². The van der Waals surface area contributed by atoms with E-state index in [9.17, 15) is 9.59 Å². The van der Waals surface area contributed by atoms with Crippen molar-refractivity contribution in [3.8, 4) is 0 Å². The maximum absolute atomic E-state index is 13.3. The summed E-state index contributed by atoms with van der Waals surface area (Å²) in [5, 5.41) is 1.11. The summed E-state index contributed by atoms with van der Waals surface area (Å²) >= 11 is 1.30. The molecule has 0 saturated carbocycles. The van der Waals surface area contributed by atoms with Crippen LogP contribution in [0, 0.1) is 13.8 Å². The molecule has 0 saturated heterocycles. The number of para-hydroxylation sites is 1. The predicted octanol–water partition coefficient (Wildman–Crippen LogP) is 5.48.